The van der Waals surface area contributed by atoms with Crippen molar-refractivity contribution in [1.29, 1.82) is 0 Å². The molecule has 2 spiro atoms. The van der Waals surface area contributed by atoms with Gasteiger partial charge in [0, 0.05) is 30.1 Å². The van der Waals surface area contributed by atoms with Crippen molar-refractivity contribution in [2.75, 3.05) is 26.4 Å². The van der Waals surface area contributed by atoms with Gasteiger partial charge in [0.2, 0.25) is 0 Å². The molecule has 4 aliphatic carbocycles. The molecular weight excluding hydrogens is 368 g/mol. The average Bonchev–Trinajstić information content (AvgIpc) is 3.40. The molecule has 0 aromatic rings. The Kier molecular flexibility index (Phi) is 4.02. The van der Waals surface area contributed by atoms with Crippen LogP contribution in [0.5, 0.6) is 0 Å². The summed E-state index contributed by atoms with van der Waals surface area (Å²) in [4.78, 5) is 0. The molecule has 0 aromatic heterocycles. The number of ether oxygens (including phenoxy) is 4. The second-order valence-electron chi connectivity index (χ2n) is 11.6. The van der Waals surface area contributed by atoms with E-state index in [-0.39, 0.29) is 22.5 Å². The molecule has 2 aliphatic heterocycles. The highest BCUT2D eigenvalue weighted by Crippen LogP contribution is 2.71. The molecule has 2 heterocycles. The fourth-order valence-electron chi connectivity index (χ4n) is 9.25. The fourth-order valence-corrected chi connectivity index (χ4v) is 9.25. The maximum absolute atomic E-state index is 12.2. The second-order valence-corrected chi connectivity index (χ2v) is 11.6. The van der Waals surface area contributed by atoms with Crippen LogP contribution in [0.2, 0.25) is 0 Å². The highest BCUT2D eigenvalue weighted by Gasteiger charge is 2.72. The van der Waals surface area contributed by atoms with Gasteiger partial charge in [-0.1, -0.05) is 20.8 Å². The molecule has 5 nitrogen and oxygen atoms in total. The van der Waals surface area contributed by atoms with Gasteiger partial charge in [-0.3, -0.25) is 0 Å². The minimum atomic E-state index is -0.707. The number of rotatable bonds is 0. The zero-order valence-electron chi connectivity index (χ0n) is 18.4. The smallest absolute Gasteiger partial charge is 0.174 e. The molecule has 164 valence electrons. The Balaban J connectivity index is 1.34. The SMILES string of the molecule is C[C@@H]1CC2C3CCC4(OCCO4)[C@@]3(C)CCC2[C@@]2(C)CCC3(C[C@]12O)OCCO3. The fraction of sp³-hybridized carbons (Fsp3) is 1.00. The third-order valence-electron chi connectivity index (χ3n) is 10.9. The highest BCUT2D eigenvalue weighted by molar-refractivity contribution is 5.18. The van der Waals surface area contributed by atoms with Gasteiger partial charge < -0.3 is 24.1 Å². The van der Waals surface area contributed by atoms with Crippen molar-refractivity contribution in [3.05, 3.63) is 0 Å². The lowest BCUT2D eigenvalue weighted by Crippen LogP contribution is -2.68. The standard InChI is InChI=1S/C24H38O5/c1-16-14-17-18(4-6-21(3)19(17)5-7-24(21)28-12-13-29-24)20(2)8-9-22(15-23(16,20)25)26-10-11-27-22/h16-19,25H,4-15H2,1-3H3/t16-,17?,18?,19?,20-,21+,23+/m1/s1. The molecule has 1 N–H and O–H groups in total. The Morgan fingerprint density at radius 1 is 0.759 bits per heavy atom. The van der Waals surface area contributed by atoms with E-state index >= 15 is 0 Å². The first-order valence-electron chi connectivity index (χ1n) is 12.1. The summed E-state index contributed by atoms with van der Waals surface area (Å²) in [6, 6.07) is 0. The van der Waals surface area contributed by atoms with Crippen LogP contribution in [0.3, 0.4) is 0 Å². The molecule has 7 atom stereocenters. The molecule has 2 saturated heterocycles. The zero-order valence-corrected chi connectivity index (χ0v) is 18.4. The lowest BCUT2D eigenvalue weighted by molar-refractivity contribution is -0.308. The minimum Gasteiger partial charge on any atom is -0.389 e. The first kappa shape index (κ1) is 19.5. The molecule has 29 heavy (non-hydrogen) atoms. The molecule has 6 fully saturated rings. The van der Waals surface area contributed by atoms with E-state index in [0.717, 1.165) is 45.3 Å². The van der Waals surface area contributed by atoms with E-state index in [9.17, 15) is 5.11 Å². The maximum atomic E-state index is 12.2. The monoisotopic (exact) mass is 406 g/mol. The molecule has 4 saturated carbocycles. The quantitative estimate of drug-likeness (QED) is 0.662. The predicted octanol–water partition coefficient (Wildman–Crippen LogP) is 3.88. The predicted molar refractivity (Wildman–Crippen MR) is 107 cm³/mol. The molecule has 0 amide bonds. The highest BCUT2D eigenvalue weighted by atomic mass is 16.7. The van der Waals surface area contributed by atoms with Gasteiger partial charge in [0.25, 0.3) is 0 Å². The number of hydrogen-bond acceptors (Lipinski definition) is 5. The van der Waals surface area contributed by atoms with Crippen molar-refractivity contribution >= 4 is 0 Å². The molecule has 0 aromatic carbocycles. The van der Waals surface area contributed by atoms with Crippen LogP contribution < -0.4 is 0 Å². The van der Waals surface area contributed by atoms with Crippen LogP contribution in [-0.2, 0) is 18.9 Å². The molecule has 0 radical (unpaired) electrons. The molecule has 5 heteroatoms. The summed E-state index contributed by atoms with van der Waals surface area (Å²) in [6.45, 7) is 9.92. The van der Waals surface area contributed by atoms with Gasteiger partial charge in [0.05, 0.1) is 32.0 Å². The number of aliphatic hydroxyl groups is 1. The van der Waals surface area contributed by atoms with Gasteiger partial charge in [-0.2, -0.15) is 0 Å². The number of hydrogen-bond donors (Lipinski definition) is 1. The van der Waals surface area contributed by atoms with Crippen molar-refractivity contribution in [2.24, 2.45) is 34.5 Å². The van der Waals surface area contributed by atoms with Crippen molar-refractivity contribution in [3.63, 3.8) is 0 Å². The van der Waals surface area contributed by atoms with E-state index < -0.39 is 11.4 Å². The Morgan fingerprint density at radius 3 is 2.10 bits per heavy atom. The Bertz CT molecular complexity index is 683. The molecule has 6 rings (SSSR count). The third kappa shape index (κ3) is 2.24. The minimum absolute atomic E-state index is 0.0651. The van der Waals surface area contributed by atoms with Gasteiger partial charge in [0.15, 0.2) is 11.6 Å². The average molecular weight is 407 g/mol. The lowest BCUT2D eigenvalue weighted by Gasteiger charge is -2.67. The van der Waals surface area contributed by atoms with Crippen LogP contribution in [0.25, 0.3) is 0 Å². The van der Waals surface area contributed by atoms with Crippen LogP contribution >= 0.6 is 0 Å². The zero-order chi connectivity index (χ0) is 20.1. The summed E-state index contributed by atoms with van der Waals surface area (Å²) in [7, 11) is 0. The van der Waals surface area contributed by atoms with Gasteiger partial charge >= 0.3 is 0 Å². The van der Waals surface area contributed by atoms with E-state index in [1.807, 2.05) is 0 Å². The van der Waals surface area contributed by atoms with Crippen LogP contribution in [0.15, 0.2) is 0 Å². The first-order valence-corrected chi connectivity index (χ1v) is 12.1. The van der Waals surface area contributed by atoms with Gasteiger partial charge in [-0.15, -0.1) is 0 Å². The van der Waals surface area contributed by atoms with Crippen LogP contribution in [-0.4, -0.2) is 48.7 Å². The van der Waals surface area contributed by atoms with E-state index in [1.165, 1.54) is 12.8 Å². The lowest BCUT2D eigenvalue weighted by atomic mass is 9.41. The summed E-state index contributed by atoms with van der Waals surface area (Å²) in [5, 5.41) is 12.2. The van der Waals surface area contributed by atoms with Crippen molar-refractivity contribution < 1.29 is 24.1 Å². The molecule has 0 bridgehead atoms. The maximum Gasteiger partial charge on any atom is 0.174 e. The topological polar surface area (TPSA) is 57.2 Å². The number of fused-ring (bicyclic) bond motifs is 6. The van der Waals surface area contributed by atoms with Crippen molar-refractivity contribution in [2.45, 2.75) is 89.3 Å². The first-order chi connectivity index (χ1) is 13.8. The second kappa shape index (κ2) is 5.98. The summed E-state index contributed by atoms with van der Waals surface area (Å²) in [6.07, 6.45) is 8.22. The van der Waals surface area contributed by atoms with Crippen molar-refractivity contribution in [1.82, 2.24) is 0 Å². The van der Waals surface area contributed by atoms with Gasteiger partial charge in [0.1, 0.15) is 0 Å². The summed E-state index contributed by atoms with van der Waals surface area (Å²) >= 11 is 0. The van der Waals surface area contributed by atoms with Crippen LogP contribution in [0.4, 0.5) is 0 Å². The largest absolute Gasteiger partial charge is 0.389 e. The molecule has 6 aliphatic rings. The van der Waals surface area contributed by atoms with E-state index in [4.69, 9.17) is 18.9 Å². The molecular formula is C24H38O5. The molecule has 3 unspecified atom stereocenters. The van der Waals surface area contributed by atoms with E-state index in [2.05, 4.69) is 20.8 Å². The van der Waals surface area contributed by atoms with Crippen molar-refractivity contribution in [3.8, 4) is 0 Å². The Hall–Kier alpha value is -0.200. The van der Waals surface area contributed by atoms with Gasteiger partial charge in [-0.25, -0.2) is 0 Å². The Morgan fingerprint density at radius 2 is 1.38 bits per heavy atom. The summed E-state index contributed by atoms with van der Waals surface area (Å²) in [5.74, 6) is 1.23. The summed E-state index contributed by atoms with van der Waals surface area (Å²) in [5.41, 5.74) is -0.657. The normalized spacial score (nSPS) is 55.0. The summed E-state index contributed by atoms with van der Waals surface area (Å²) < 4.78 is 24.7. The third-order valence-corrected chi connectivity index (χ3v) is 10.9. The Labute approximate surface area is 174 Å². The van der Waals surface area contributed by atoms with E-state index in [0.29, 0.717) is 37.4 Å². The van der Waals surface area contributed by atoms with Crippen LogP contribution in [0, 0.1) is 34.5 Å². The van der Waals surface area contributed by atoms with E-state index in [1.54, 1.807) is 0 Å². The van der Waals surface area contributed by atoms with Gasteiger partial charge in [-0.05, 0) is 55.8 Å². The van der Waals surface area contributed by atoms with Crippen LogP contribution in [0.1, 0.15) is 72.1 Å².